The molecule has 0 aromatic heterocycles. The molecule has 2 aromatic carbocycles. The van der Waals surface area contributed by atoms with Gasteiger partial charge in [-0.2, -0.15) is 0 Å². The van der Waals surface area contributed by atoms with Gasteiger partial charge in [-0.05, 0) is 25.5 Å². The summed E-state index contributed by atoms with van der Waals surface area (Å²) in [6.45, 7) is 2.33. The van der Waals surface area contributed by atoms with Gasteiger partial charge in [0.25, 0.3) is 5.95 Å². The van der Waals surface area contributed by atoms with E-state index in [4.69, 9.17) is 4.74 Å². The van der Waals surface area contributed by atoms with Gasteiger partial charge in [-0.1, -0.05) is 60.7 Å². The summed E-state index contributed by atoms with van der Waals surface area (Å²) in [6.07, 6.45) is 0. The average Bonchev–Trinajstić information content (AvgIpc) is 2.47. The Hall–Kier alpha value is -1.79. The predicted octanol–water partition coefficient (Wildman–Crippen LogP) is 3.51. The number of hydrogen-bond acceptors (Lipinski definition) is 2. The van der Waals surface area contributed by atoms with Gasteiger partial charge in [0.15, 0.2) is 0 Å². The van der Waals surface area contributed by atoms with Crippen molar-refractivity contribution in [2.24, 2.45) is 0 Å². The van der Waals surface area contributed by atoms with Crippen LogP contribution in [0.25, 0.3) is 0 Å². The maximum atomic E-state index is 9.80. The second-order valence-electron chi connectivity index (χ2n) is 3.94. The molecule has 1 N–H and O–H groups in total. The fraction of sp³-hybridized carbons (Fsp3) is 0.125. The molecule has 2 aromatic rings. The van der Waals surface area contributed by atoms with Gasteiger partial charge >= 0.3 is 0 Å². The van der Waals surface area contributed by atoms with Crippen molar-refractivity contribution in [1.82, 2.24) is 0 Å². The number of rotatable bonds is 5. The van der Waals surface area contributed by atoms with E-state index in [0.29, 0.717) is 6.61 Å². The zero-order valence-electron chi connectivity index (χ0n) is 10.9. The summed E-state index contributed by atoms with van der Waals surface area (Å²) in [5.74, 6) is 1.81. The van der Waals surface area contributed by atoms with Gasteiger partial charge in [-0.15, -0.1) is 0 Å². The molecule has 0 saturated heterocycles. The molecule has 0 heterocycles. The highest BCUT2D eigenvalue weighted by molar-refractivity contribution is 7.75. The third-order valence-corrected chi connectivity index (χ3v) is 4.79. The van der Waals surface area contributed by atoms with E-state index in [2.05, 4.69) is 24.3 Å². The zero-order valence-corrected chi connectivity index (χ0v) is 11.8. The number of aliphatic hydroxyl groups is 1. The first kappa shape index (κ1) is 13.6. The molecular formula is C16H17O2P. The van der Waals surface area contributed by atoms with Crippen LogP contribution < -0.4 is 10.6 Å². The second-order valence-corrected chi connectivity index (χ2v) is 5.97. The van der Waals surface area contributed by atoms with E-state index in [1.807, 2.05) is 49.1 Å². The minimum atomic E-state index is -0.739. The van der Waals surface area contributed by atoms with Crippen LogP contribution in [-0.2, 0) is 4.74 Å². The first-order chi connectivity index (χ1) is 9.31. The van der Waals surface area contributed by atoms with Gasteiger partial charge in [0.1, 0.15) is 0 Å². The SMILES string of the molecule is CCO/C(O)=C/P(c1ccccc1)c1ccccc1. The fourth-order valence-corrected chi connectivity index (χ4v) is 3.65. The Balaban J connectivity index is 2.37. The molecule has 0 radical (unpaired) electrons. The van der Waals surface area contributed by atoms with E-state index in [0.717, 1.165) is 0 Å². The first-order valence-corrected chi connectivity index (χ1v) is 7.65. The van der Waals surface area contributed by atoms with Gasteiger partial charge in [-0.25, -0.2) is 0 Å². The Morgan fingerprint density at radius 2 is 1.47 bits per heavy atom. The molecule has 19 heavy (non-hydrogen) atoms. The third-order valence-electron chi connectivity index (χ3n) is 2.60. The maximum Gasteiger partial charge on any atom is 0.277 e. The van der Waals surface area contributed by atoms with Crippen LogP contribution in [0.3, 0.4) is 0 Å². The summed E-state index contributed by atoms with van der Waals surface area (Å²) < 4.78 is 5.15. The van der Waals surface area contributed by atoms with Crippen LogP contribution in [0.5, 0.6) is 0 Å². The molecule has 0 aliphatic carbocycles. The lowest BCUT2D eigenvalue weighted by atomic mass is 10.4. The minimum Gasteiger partial charge on any atom is -0.481 e. The summed E-state index contributed by atoms with van der Waals surface area (Å²) in [6, 6.07) is 20.4. The van der Waals surface area contributed by atoms with Crippen molar-refractivity contribution in [2.75, 3.05) is 6.61 Å². The van der Waals surface area contributed by atoms with E-state index >= 15 is 0 Å². The predicted molar refractivity (Wildman–Crippen MR) is 81.4 cm³/mol. The lowest BCUT2D eigenvalue weighted by Gasteiger charge is -2.15. The smallest absolute Gasteiger partial charge is 0.277 e. The van der Waals surface area contributed by atoms with Crippen LogP contribution in [0.15, 0.2) is 72.4 Å². The Kier molecular flexibility index (Phi) is 5.00. The van der Waals surface area contributed by atoms with Crippen molar-refractivity contribution in [1.29, 1.82) is 0 Å². The quantitative estimate of drug-likeness (QED) is 0.666. The summed E-state index contributed by atoms with van der Waals surface area (Å²) in [4.78, 5) is 0. The van der Waals surface area contributed by atoms with Crippen LogP contribution in [0.2, 0.25) is 0 Å². The van der Waals surface area contributed by atoms with Crippen molar-refractivity contribution in [3.8, 4) is 0 Å². The summed E-state index contributed by atoms with van der Waals surface area (Å²) in [7, 11) is -0.739. The molecule has 3 heteroatoms. The van der Waals surface area contributed by atoms with E-state index in [9.17, 15) is 5.11 Å². The van der Waals surface area contributed by atoms with Crippen LogP contribution in [0.4, 0.5) is 0 Å². The Labute approximate surface area is 115 Å². The number of ether oxygens (including phenoxy) is 1. The topological polar surface area (TPSA) is 29.5 Å². The standard InChI is InChI=1S/C16H17O2P/c1-2-18-16(17)13-19(14-9-5-3-6-10-14)15-11-7-4-8-12-15/h3-13,17H,2H2,1H3/b16-13+. The van der Waals surface area contributed by atoms with Crippen molar-refractivity contribution < 1.29 is 9.84 Å². The van der Waals surface area contributed by atoms with Crippen molar-refractivity contribution in [2.45, 2.75) is 6.92 Å². The largest absolute Gasteiger partial charge is 0.481 e. The molecule has 0 atom stereocenters. The average molecular weight is 272 g/mol. The highest BCUT2D eigenvalue weighted by Crippen LogP contribution is 2.36. The minimum absolute atomic E-state index is 0.00122. The molecule has 0 bridgehead atoms. The second kappa shape index (κ2) is 6.96. The molecule has 0 amide bonds. The third kappa shape index (κ3) is 3.84. The summed E-state index contributed by atoms with van der Waals surface area (Å²) >= 11 is 0. The molecule has 2 nitrogen and oxygen atoms in total. The number of aliphatic hydroxyl groups excluding tert-OH is 1. The molecule has 2 rings (SSSR count). The van der Waals surface area contributed by atoms with E-state index in [1.54, 1.807) is 0 Å². The van der Waals surface area contributed by atoms with E-state index < -0.39 is 7.92 Å². The van der Waals surface area contributed by atoms with Crippen LogP contribution in [0, 0.1) is 0 Å². The van der Waals surface area contributed by atoms with Gasteiger partial charge in [0.2, 0.25) is 0 Å². The molecule has 0 saturated carbocycles. The Morgan fingerprint density at radius 1 is 1.00 bits per heavy atom. The molecule has 0 aliphatic rings. The van der Waals surface area contributed by atoms with Gasteiger partial charge < -0.3 is 9.84 Å². The van der Waals surface area contributed by atoms with Crippen LogP contribution in [-0.4, -0.2) is 11.7 Å². The van der Waals surface area contributed by atoms with Crippen LogP contribution >= 0.6 is 7.92 Å². The Morgan fingerprint density at radius 3 is 1.89 bits per heavy atom. The highest BCUT2D eigenvalue weighted by atomic mass is 31.1. The first-order valence-electron chi connectivity index (χ1n) is 6.24. The van der Waals surface area contributed by atoms with Crippen LogP contribution in [0.1, 0.15) is 6.92 Å². The molecular weight excluding hydrogens is 255 g/mol. The monoisotopic (exact) mass is 272 g/mol. The lowest BCUT2D eigenvalue weighted by molar-refractivity contribution is 0.104. The molecule has 0 aliphatic heterocycles. The van der Waals surface area contributed by atoms with Gasteiger partial charge in [-0.3, -0.25) is 0 Å². The summed E-state index contributed by atoms with van der Waals surface area (Å²) in [5.41, 5.74) is 0. The zero-order chi connectivity index (χ0) is 13.5. The van der Waals surface area contributed by atoms with Gasteiger partial charge in [0, 0.05) is 5.82 Å². The van der Waals surface area contributed by atoms with E-state index in [-0.39, 0.29) is 5.95 Å². The molecule has 0 spiro atoms. The number of hydrogen-bond donors (Lipinski definition) is 1. The van der Waals surface area contributed by atoms with Crippen molar-refractivity contribution >= 4 is 18.5 Å². The number of benzene rings is 2. The molecule has 98 valence electrons. The maximum absolute atomic E-state index is 9.80. The highest BCUT2D eigenvalue weighted by Gasteiger charge is 2.12. The fourth-order valence-electron chi connectivity index (χ4n) is 1.77. The normalized spacial score (nSPS) is 11.6. The molecule has 0 unspecified atom stereocenters. The molecule has 0 fully saturated rings. The summed E-state index contributed by atoms with van der Waals surface area (Å²) in [5, 5.41) is 12.2. The van der Waals surface area contributed by atoms with E-state index in [1.165, 1.54) is 10.6 Å². The van der Waals surface area contributed by atoms with Crippen molar-refractivity contribution in [3.63, 3.8) is 0 Å². The Bertz CT molecular complexity index is 483. The van der Waals surface area contributed by atoms with Crippen molar-refractivity contribution in [3.05, 3.63) is 72.4 Å². The lowest BCUT2D eigenvalue weighted by Crippen LogP contribution is -2.10. The van der Waals surface area contributed by atoms with Gasteiger partial charge in [0.05, 0.1) is 6.61 Å².